The Bertz CT molecular complexity index is 877. The maximum absolute atomic E-state index is 12.5. The highest BCUT2D eigenvalue weighted by atomic mass is 79.9. The third-order valence-corrected chi connectivity index (χ3v) is 3.33. The minimum absolute atomic E-state index is 0.0419. The number of carbonyl (C=O) groups is 1. The van der Waals surface area contributed by atoms with Crippen molar-refractivity contribution >= 4 is 45.4 Å². The molecule has 6 radical (unpaired) electrons. The van der Waals surface area contributed by atoms with Gasteiger partial charge in [0.2, 0.25) is 0 Å². The Balaban J connectivity index is 2.47. The first-order valence-corrected chi connectivity index (χ1v) is 8.04. The van der Waals surface area contributed by atoms with Crippen molar-refractivity contribution in [2.24, 2.45) is 0 Å². The first kappa shape index (κ1) is 22.0. The number of ether oxygens (including phenoxy) is 4. The Labute approximate surface area is 170 Å². The molecule has 0 aliphatic rings. The molecule has 0 N–H and O–H groups in total. The summed E-state index contributed by atoms with van der Waals surface area (Å²) in [6, 6.07) is 4.18. The average Bonchev–Trinajstić information content (AvgIpc) is 2.54. The number of benzene rings is 1. The number of esters is 1. The van der Waals surface area contributed by atoms with Crippen LogP contribution in [0, 0.1) is 0 Å². The number of aromatic nitrogens is 1. The minimum Gasteiger partial charge on any atom is -0.512 e. The van der Waals surface area contributed by atoms with Crippen LogP contribution in [0.5, 0.6) is 23.0 Å². The highest BCUT2D eigenvalue weighted by molar-refractivity contribution is 9.10. The Morgan fingerprint density at radius 2 is 1.75 bits per heavy atom. The fourth-order valence-electron chi connectivity index (χ4n) is 1.92. The number of hydrogen-bond acceptors (Lipinski definition) is 6. The number of alkyl halides is 3. The first-order valence-electron chi connectivity index (χ1n) is 7.25. The van der Waals surface area contributed by atoms with E-state index in [-0.39, 0.29) is 22.8 Å². The van der Waals surface area contributed by atoms with E-state index in [2.05, 4.69) is 30.4 Å². The van der Waals surface area contributed by atoms with E-state index in [1.54, 1.807) is 0 Å². The molecular weight excluding hydrogens is 444 g/mol. The molecule has 140 valence electrons. The molecule has 28 heavy (non-hydrogen) atoms. The van der Waals surface area contributed by atoms with Crippen molar-refractivity contribution in [3.8, 4) is 23.0 Å². The zero-order valence-electron chi connectivity index (χ0n) is 14.1. The number of halogens is 4. The van der Waals surface area contributed by atoms with E-state index in [1.807, 2.05) is 0 Å². The van der Waals surface area contributed by atoms with Gasteiger partial charge in [-0.25, -0.2) is 9.78 Å². The molecule has 0 aliphatic heterocycles. The summed E-state index contributed by atoms with van der Waals surface area (Å²) in [5.41, 5.74) is -0.0632. The summed E-state index contributed by atoms with van der Waals surface area (Å²) in [5, 5.41) is -2.24. The maximum Gasteiger partial charge on any atom is 0.573 e. The predicted octanol–water partition coefficient (Wildman–Crippen LogP) is 2.82. The lowest BCUT2D eigenvalue weighted by molar-refractivity contribution is -0.274. The first-order chi connectivity index (χ1) is 12.9. The van der Waals surface area contributed by atoms with Crippen molar-refractivity contribution in [3.05, 3.63) is 40.6 Å². The third-order valence-electron chi connectivity index (χ3n) is 2.89. The molecule has 2 rings (SSSR count). The summed E-state index contributed by atoms with van der Waals surface area (Å²) < 4.78 is 56.7. The zero-order chi connectivity index (χ0) is 21.1. The van der Waals surface area contributed by atoms with Gasteiger partial charge in [0.15, 0.2) is 11.5 Å². The van der Waals surface area contributed by atoms with E-state index in [0.29, 0.717) is 4.60 Å². The van der Waals surface area contributed by atoms with E-state index in [1.165, 1.54) is 12.3 Å². The quantitative estimate of drug-likeness (QED) is 0.382. The van der Waals surface area contributed by atoms with Gasteiger partial charge in [0, 0.05) is 18.3 Å². The van der Waals surface area contributed by atoms with Crippen LogP contribution in [0.3, 0.4) is 0 Å². The van der Waals surface area contributed by atoms with Gasteiger partial charge in [0.1, 0.15) is 45.2 Å². The molecule has 0 atom stereocenters. The minimum atomic E-state index is -4.95. The van der Waals surface area contributed by atoms with Gasteiger partial charge in [0.25, 0.3) is 0 Å². The monoisotopic (exact) mass is 451 g/mol. The number of carbonyl (C=O) groups excluding carboxylic acids is 1. The molecule has 0 fully saturated rings. The molecular formula is C15H8B3BrF3NO5. The van der Waals surface area contributed by atoms with Crippen molar-refractivity contribution in [2.45, 2.75) is 11.7 Å². The smallest absolute Gasteiger partial charge is 0.512 e. The summed E-state index contributed by atoms with van der Waals surface area (Å²) in [6.07, 6.45) is -3.77. The summed E-state index contributed by atoms with van der Waals surface area (Å²) in [6.45, 7) is 0. The van der Waals surface area contributed by atoms with Crippen molar-refractivity contribution in [1.82, 2.24) is 4.98 Å². The van der Waals surface area contributed by atoms with Crippen LogP contribution < -0.4 is 14.2 Å². The second-order valence-corrected chi connectivity index (χ2v) is 6.02. The van der Waals surface area contributed by atoms with Crippen LogP contribution in [0.2, 0.25) is 0 Å². The lowest BCUT2D eigenvalue weighted by Gasteiger charge is -2.25. The standard InChI is InChI=1S/C15H8B3BrF3NO5/c1-25-13(24)8-6-23-12(19)5-10(8)26-9-3-2-7(27-15(20,21)22)4-11(9)28-14(16,17)18/h2-6H,1H3. The number of hydrogen-bond donors (Lipinski definition) is 0. The molecule has 1 aromatic carbocycles. The summed E-state index contributed by atoms with van der Waals surface area (Å²) in [5.74, 6) is -1.98. The summed E-state index contributed by atoms with van der Waals surface area (Å²) >= 11 is 3.11. The van der Waals surface area contributed by atoms with Gasteiger partial charge in [0.05, 0.1) is 7.11 Å². The van der Waals surface area contributed by atoms with Crippen LogP contribution >= 0.6 is 15.9 Å². The fraction of sp³-hybridized carbons (Fsp3) is 0.200. The van der Waals surface area contributed by atoms with E-state index in [0.717, 1.165) is 25.3 Å². The van der Waals surface area contributed by atoms with Gasteiger partial charge < -0.3 is 18.9 Å². The van der Waals surface area contributed by atoms with Gasteiger partial charge in [-0.1, -0.05) is 0 Å². The molecule has 0 saturated heterocycles. The van der Waals surface area contributed by atoms with Crippen molar-refractivity contribution in [3.63, 3.8) is 0 Å². The van der Waals surface area contributed by atoms with Gasteiger partial charge in [-0.15, -0.1) is 13.2 Å². The average molecular weight is 452 g/mol. The molecule has 1 heterocycles. The molecule has 6 nitrogen and oxygen atoms in total. The largest absolute Gasteiger partial charge is 0.573 e. The van der Waals surface area contributed by atoms with Crippen molar-refractivity contribution < 1.29 is 36.9 Å². The van der Waals surface area contributed by atoms with Crippen LogP contribution in [0.15, 0.2) is 35.1 Å². The molecule has 0 aliphatic carbocycles. The van der Waals surface area contributed by atoms with Crippen LogP contribution in [0.4, 0.5) is 13.2 Å². The number of pyridine rings is 1. The van der Waals surface area contributed by atoms with Gasteiger partial charge >= 0.3 is 12.3 Å². The van der Waals surface area contributed by atoms with E-state index in [4.69, 9.17) is 33.0 Å². The van der Waals surface area contributed by atoms with Gasteiger partial charge in [-0.3, -0.25) is 0 Å². The second kappa shape index (κ2) is 8.38. The van der Waals surface area contributed by atoms with Crippen LogP contribution in [-0.2, 0) is 4.74 Å². The zero-order valence-corrected chi connectivity index (χ0v) is 15.7. The molecule has 0 saturated carbocycles. The maximum atomic E-state index is 12.5. The van der Waals surface area contributed by atoms with Crippen molar-refractivity contribution in [1.29, 1.82) is 0 Å². The normalized spacial score (nSPS) is 11.6. The fourth-order valence-corrected chi connectivity index (χ4v) is 2.23. The predicted molar refractivity (Wildman–Crippen MR) is 97.1 cm³/mol. The van der Waals surface area contributed by atoms with Crippen molar-refractivity contribution in [2.75, 3.05) is 7.11 Å². The Morgan fingerprint density at radius 3 is 2.32 bits per heavy atom. The topological polar surface area (TPSA) is 66.9 Å². The number of rotatable bonds is 6. The second-order valence-electron chi connectivity index (χ2n) is 5.21. The van der Waals surface area contributed by atoms with Gasteiger partial charge in [-0.05, 0) is 33.4 Å². The van der Waals surface area contributed by atoms with E-state index < -0.39 is 23.4 Å². The third kappa shape index (κ3) is 6.40. The van der Waals surface area contributed by atoms with E-state index in [9.17, 15) is 18.0 Å². The molecule has 0 spiro atoms. The van der Waals surface area contributed by atoms with E-state index >= 15 is 0 Å². The Hall–Kier alpha value is -2.30. The lowest BCUT2D eigenvalue weighted by Crippen LogP contribution is -2.37. The Kier molecular flexibility index (Phi) is 6.58. The summed E-state index contributed by atoms with van der Waals surface area (Å²) in [4.78, 5) is 15.8. The van der Waals surface area contributed by atoms with Gasteiger partial charge in [-0.2, -0.15) is 0 Å². The molecule has 0 amide bonds. The molecule has 0 unspecified atom stereocenters. The molecule has 0 bridgehead atoms. The molecule has 2 aromatic rings. The summed E-state index contributed by atoms with van der Waals surface area (Å²) in [7, 11) is 17.2. The number of nitrogens with zero attached hydrogens (tertiary/aromatic N) is 1. The molecule has 1 aromatic heterocycles. The van der Waals surface area contributed by atoms with Crippen LogP contribution in [0.25, 0.3) is 0 Å². The number of methoxy groups -OCH3 is 1. The van der Waals surface area contributed by atoms with Crippen LogP contribution in [-0.4, -0.2) is 53.3 Å². The highest BCUT2D eigenvalue weighted by Gasteiger charge is 2.32. The molecule has 13 heteroatoms. The van der Waals surface area contributed by atoms with Crippen LogP contribution in [0.1, 0.15) is 10.4 Å². The lowest BCUT2D eigenvalue weighted by atomic mass is 9.52. The SMILES string of the molecule is [B]C([B])([B])Oc1cc(OC(F)(F)F)ccc1Oc1cc(Br)ncc1C(=O)OC. The highest BCUT2D eigenvalue weighted by Crippen LogP contribution is 2.38. The Morgan fingerprint density at radius 1 is 1.07 bits per heavy atom.